The summed E-state index contributed by atoms with van der Waals surface area (Å²) in [5.41, 5.74) is 1.68. The van der Waals surface area contributed by atoms with Crippen LogP contribution in [0.3, 0.4) is 0 Å². The lowest BCUT2D eigenvalue weighted by atomic mass is 10.1. The highest BCUT2D eigenvalue weighted by Gasteiger charge is 2.33. The number of amides is 2. The van der Waals surface area contributed by atoms with Gasteiger partial charge in [-0.15, -0.1) is 0 Å². The van der Waals surface area contributed by atoms with Crippen LogP contribution >= 0.6 is 34.8 Å². The Morgan fingerprint density at radius 2 is 1.57 bits per heavy atom. The summed E-state index contributed by atoms with van der Waals surface area (Å²) < 4.78 is 28.7. The van der Waals surface area contributed by atoms with Crippen molar-refractivity contribution < 1.29 is 18.0 Å². The fourth-order valence-electron chi connectivity index (χ4n) is 3.93. The van der Waals surface area contributed by atoms with Crippen molar-refractivity contribution in [3.63, 3.8) is 0 Å². The monoisotopic (exact) mass is 623 g/mol. The fraction of sp³-hybridized carbons (Fsp3) is 0.310. The fourth-order valence-corrected chi connectivity index (χ4v) is 5.93. The van der Waals surface area contributed by atoms with E-state index in [4.69, 9.17) is 34.8 Å². The first-order valence-corrected chi connectivity index (χ1v) is 15.3. The second-order valence-electron chi connectivity index (χ2n) is 9.56. The molecule has 0 fully saturated rings. The Kier molecular flexibility index (Phi) is 10.9. The van der Waals surface area contributed by atoms with E-state index in [1.165, 1.54) is 29.2 Å². The highest BCUT2D eigenvalue weighted by Crippen LogP contribution is 2.27. The number of aryl methyl sites for hydroxylation is 1. The van der Waals surface area contributed by atoms with Gasteiger partial charge in [-0.1, -0.05) is 59.9 Å². The number of sulfonamides is 1. The second-order valence-corrected chi connectivity index (χ2v) is 12.7. The minimum atomic E-state index is -4.19. The molecule has 0 bridgehead atoms. The lowest BCUT2D eigenvalue weighted by Crippen LogP contribution is -2.52. The van der Waals surface area contributed by atoms with Crippen LogP contribution in [0.25, 0.3) is 0 Å². The van der Waals surface area contributed by atoms with Gasteiger partial charge >= 0.3 is 0 Å². The molecule has 2 amide bonds. The molecule has 0 heterocycles. The minimum Gasteiger partial charge on any atom is -0.352 e. The topological polar surface area (TPSA) is 86.8 Å². The summed E-state index contributed by atoms with van der Waals surface area (Å²) in [4.78, 5) is 28.4. The Hall–Kier alpha value is -2.78. The number of nitrogens with zero attached hydrogens (tertiary/aromatic N) is 2. The van der Waals surface area contributed by atoms with E-state index in [0.29, 0.717) is 32.7 Å². The smallest absolute Gasteiger partial charge is 0.264 e. The molecule has 2 atom stereocenters. The zero-order valence-electron chi connectivity index (χ0n) is 22.7. The van der Waals surface area contributed by atoms with Gasteiger partial charge in [0.05, 0.1) is 10.6 Å². The Morgan fingerprint density at radius 1 is 0.925 bits per heavy atom. The molecule has 3 aromatic rings. The van der Waals surface area contributed by atoms with Crippen molar-refractivity contribution in [2.75, 3.05) is 10.8 Å². The summed E-state index contributed by atoms with van der Waals surface area (Å²) in [6.07, 6.45) is 0.704. The van der Waals surface area contributed by atoms with Gasteiger partial charge in [0.15, 0.2) is 0 Å². The zero-order valence-corrected chi connectivity index (χ0v) is 25.8. The number of nitrogens with one attached hydrogen (secondary N) is 1. The molecule has 3 aromatic carbocycles. The summed E-state index contributed by atoms with van der Waals surface area (Å²) in [6, 6.07) is 16.4. The van der Waals surface area contributed by atoms with Crippen LogP contribution in [0.15, 0.2) is 71.6 Å². The quantitative estimate of drug-likeness (QED) is 0.265. The third-order valence-corrected chi connectivity index (χ3v) is 9.12. The summed E-state index contributed by atoms with van der Waals surface area (Å²) in [5, 5.41) is 4.02. The Morgan fingerprint density at radius 3 is 2.17 bits per heavy atom. The molecule has 0 spiro atoms. The van der Waals surface area contributed by atoms with E-state index >= 15 is 0 Å². The van der Waals surface area contributed by atoms with Crippen LogP contribution in [0.2, 0.25) is 15.1 Å². The van der Waals surface area contributed by atoms with Gasteiger partial charge in [-0.2, -0.15) is 0 Å². The molecule has 0 aliphatic rings. The number of hydrogen-bond acceptors (Lipinski definition) is 4. The molecule has 1 N–H and O–H groups in total. The molecule has 7 nitrogen and oxygen atoms in total. The number of carbonyl (C=O) groups is 2. The van der Waals surface area contributed by atoms with E-state index in [-0.39, 0.29) is 23.4 Å². The summed E-state index contributed by atoms with van der Waals surface area (Å²) in [7, 11) is -4.19. The first-order valence-electron chi connectivity index (χ1n) is 12.7. The maximum Gasteiger partial charge on any atom is 0.264 e. The van der Waals surface area contributed by atoms with Crippen LogP contribution in [0.5, 0.6) is 0 Å². The van der Waals surface area contributed by atoms with Gasteiger partial charge in [0.2, 0.25) is 11.8 Å². The van der Waals surface area contributed by atoms with Crippen LogP contribution in [-0.2, 0) is 26.2 Å². The van der Waals surface area contributed by atoms with E-state index in [9.17, 15) is 18.0 Å². The number of rotatable bonds is 11. The summed E-state index contributed by atoms with van der Waals surface area (Å²) in [5.74, 6) is -0.952. The van der Waals surface area contributed by atoms with Crippen molar-refractivity contribution in [3.8, 4) is 0 Å². The van der Waals surface area contributed by atoms with Crippen molar-refractivity contribution in [1.82, 2.24) is 10.2 Å². The number of anilines is 1. The molecule has 0 saturated heterocycles. The second kappa shape index (κ2) is 13.7. The Balaban J connectivity index is 2.05. The molecule has 40 heavy (non-hydrogen) atoms. The molecular formula is C29H32Cl3N3O4S. The van der Waals surface area contributed by atoms with E-state index in [1.807, 2.05) is 26.8 Å². The third kappa shape index (κ3) is 7.91. The van der Waals surface area contributed by atoms with Crippen LogP contribution in [0.1, 0.15) is 38.3 Å². The van der Waals surface area contributed by atoms with E-state index in [1.54, 1.807) is 43.3 Å². The number of hydrogen-bond donors (Lipinski definition) is 1. The van der Waals surface area contributed by atoms with Crippen molar-refractivity contribution in [3.05, 3.63) is 92.9 Å². The molecular weight excluding hydrogens is 593 g/mol. The van der Waals surface area contributed by atoms with Crippen molar-refractivity contribution in [2.24, 2.45) is 0 Å². The first kappa shape index (κ1) is 31.7. The van der Waals surface area contributed by atoms with Crippen LogP contribution < -0.4 is 9.62 Å². The van der Waals surface area contributed by atoms with Crippen LogP contribution in [0, 0.1) is 6.92 Å². The summed E-state index contributed by atoms with van der Waals surface area (Å²) >= 11 is 18.5. The number of benzene rings is 3. The van der Waals surface area contributed by atoms with Gasteiger partial charge in [-0.3, -0.25) is 13.9 Å². The lowest BCUT2D eigenvalue weighted by Gasteiger charge is -2.32. The minimum absolute atomic E-state index is 0.0268. The molecule has 0 aromatic heterocycles. The molecule has 0 aliphatic heterocycles. The van der Waals surface area contributed by atoms with Crippen LogP contribution in [-0.4, -0.2) is 43.8 Å². The standard InChI is InChI=1S/C29H32Cl3N3O4S/c1-5-20(3)33-29(37)21(4)34(17-22-9-10-24(31)16-27(22)32)28(36)18-35(25-8-6-7-19(2)15-25)40(38,39)26-13-11-23(30)12-14-26/h6-16,20-21H,5,17-18H2,1-4H3,(H,33,37)/t20-,21-/m1/s1. The highest BCUT2D eigenvalue weighted by molar-refractivity contribution is 7.92. The van der Waals surface area contributed by atoms with E-state index in [0.717, 1.165) is 9.87 Å². The number of carbonyl (C=O) groups excluding carboxylic acids is 2. The third-order valence-electron chi connectivity index (χ3n) is 6.49. The largest absolute Gasteiger partial charge is 0.352 e. The van der Waals surface area contributed by atoms with E-state index < -0.39 is 28.5 Å². The average Bonchev–Trinajstić information content (AvgIpc) is 2.90. The van der Waals surface area contributed by atoms with Crippen molar-refractivity contribution >= 4 is 62.3 Å². The molecule has 0 aliphatic carbocycles. The zero-order chi connectivity index (χ0) is 29.6. The molecule has 0 radical (unpaired) electrons. The lowest BCUT2D eigenvalue weighted by molar-refractivity contribution is -0.139. The van der Waals surface area contributed by atoms with Crippen molar-refractivity contribution in [1.29, 1.82) is 0 Å². The first-order chi connectivity index (χ1) is 18.8. The normalized spacial score (nSPS) is 12.9. The van der Waals surface area contributed by atoms with Gasteiger partial charge in [-0.25, -0.2) is 8.42 Å². The molecule has 214 valence electrons. The molecule has 11 heteroatoms. The Labute approximate surface area is 251 Å². The molecule has 3 rings (SSSR count). The maximum absolute atomic E-state index is 14.0. The predicted molar refractivity (Wildman–Crippen MR) is 162 cm³/mol. The van der Waals surface area contributed by atoms with Crippen LogP contribution in [0.4, 0.5) is 5.69 Å². The highest BCUT2D eigenvalue weighted by atomic mass is 35.5. The number of halogens is 3. The van der Waals surface area contributed by atoms with Crippen molar-refractivity contribution in [2.45, 2.75) is 57.6 Å². The van der Waals surface area contributed by atoms with Gasteiger partial charge < -0.3 is 10.2 Å². The van der Waals surface area contributed by atoms with Gasteiger partial charge in [0.1, 0.15) is 12.6 Å². The predicted octanol–water partition coefficient (Wildman–Crippen LogP) is 6.48. The Bertz CT molecular complexity index is 1470. The van der Waals surface area contributed by atoms with Gasteiger partial charge in [-0.05, 0) is 86.8 Å². The SMILES string of the molecule is CC[C@@H](C)NC(=O)[C@@H](C)N(Cc1ccc(Cl)cc1Cl)C(=O)CN(c1cccc(C)c1)S(=O)(=O)c1ccc(Cl)cc1. The summed E-state index contributed by atoms with van der Waals surface area (Å²) in [6.45, 7) is 6.64. The molecule has 0 unspecified atom stereocenters. The molecule has 0 saturated carbocycles. The van der Waals surface area contributed by atoms with Gasteiger partial charge in [0, 0.05) is 27.7 Å². The van der Waals surface area contributed by atoms with E-state index in [2.05, 4.69) is 5.32 Å². The average molecular weight is 625 g/mol. The maximum atomic E-state index is 14.0. The van der Waals surface area contributed by atoms with Gasteiger partial charge in [0.25, 0.3) is 10.0 Å².